The van der Waals surface area contributed by atoms with Crippen molar-refractivity contribution in [1.29, 1.82) is 0 Å². The molecule has 0 amide bonds. The molecule has 4 aromatic carbocycles. The molecule has 0 unspecified atom stereocenters. The number of fused-ring (bicyclic) bond motifs is 5. The minimum Gasteiger partial charge on any atom is -0.349 e. The van der Waals surface area contributed by atoms with Crippen molar-refractivity contribution in [1.82, 2.24) is 45.8 Å². The van der Waals surface area contributed by atoms with Crippen LogP contribution in [0.3, 0.4) is 0 Å². The Labute approximate surface area is 562 Å². The van der Waals surface area contributed by atoms with E-state index in [9.17, 15) is 33.7 Å². The molecule has 0 radical (unpaired) electrons. The highest BCUT2D eigenvalue weighted by atomic mass is 127. The van der Waals surface area contributed by atoms with Gasteiger partial charge >= 0.3 is 0 Å². The number of nitrogens with one attached hydrogen (secondary N) is 1. The number of aromatic amines is 1. The van der Waals surface area contributed by atoms with E-state index in [1.54, 1.807) is 201 Å². The maximum absolute atomic E-state index is 12.9. The predicted molar refractivity (Wildman–Crippen MR) is 375 cm³/mol. The van der Waals surface area contributed by atoms with Gasteiger partial charge in [-0.1, -0.05) is 66.7 Å². The number of aromatic nitrogens is 10. The fourth-order valence-corrected chi connectivity index (χ4v) is 20.3. The average molecular weight is 1780 g/mol. The van der Waals surface area contributed by atoms with Crippen LogP contribution in [0.15, 0.2) is 264 Å². The quantitative estimate of drug-likeness (QED) is 0.140. The van der Waals surface area contributed by atoms with E-state index in [2.05, 4.69) is 58.6 Å². The molecule has 18 nitrogen and oxygen atoms in total. The number of benzene rings is 4. The number of halogens is 5. The van der Waals surface area contributed by atoms with Crippen LogP contribution in [-0.4, -0.2) is 79.5 Å². The summed E-state index contributed by atoms with van der Waals surface area (Å²) in [5, 5.41) is 4.65. The van der Waals surface area contributed by atoms with Crippen LogP contribution in [0.5, 0.6) is 0 Å². The van der Waals surface area contributed by atoms with Crippen molar-refractivity contribution in [2.24, 2.45) is 0 Å². The molecule has 14 aromatic rings. The Kier molecular flexibility index (Phi) is 19.7. The Morgan fingerprint density at radius 3 is 1.13 bits per heavy atom. The Morgan fingerprint density at radius 1 is 0.337 bits per heavy atom. The highest BCUT2D eigenvalue weighted by Crippen LogP contribution is 2.30. The maximum Gasteiger partial charge on any atom is 0.270 e. The van der Waals surface area contributed by atoms with E-state index in [1.165, 1.54) is 21.3 Å². The minimum absolute atomic E-state index is 0.270. The summed E-state index contributed by atoms with van der Waals surface area (Å²) in [5.41, 5.74) is 3.47. The largest absolute Gasteiger partial charge is 0.349 e. The van der Waals surface area contributed by atoms with Crippen molar-refractivity contribution in [2.45, 2.75) is 19.6 Å². The first-order valence-electron chi connectivity index (χ1n) is 25.0. The molecule has 0 saturated heterocycles. The van der Waals surface area contributed by atoms with Gasteiger partial charge in [0.25, 0.3) is 40.1 Å². The van der Waals surface area contributed by atoms with Gasteiger partial charge < -0.3 is 4.98 Å². The molecule has 27 heteroatoms. The first-order chi connectivity index (χ1) is 41.3. The Balaban J connectivity index is 0.000000121. The molecule has 10 heterocycles. The number of nitrogens with zero attached hydrogens (tertiary/aromatic N) is 9. The molecular formula is C59H41I5N10O8S4. The second-order valence-electron chi connectivity index (χ2n) is 18.0. The zero-order valence-electron chi connectivity index (χ0n) is 43.9. The van der Waals surface area contributed by atoms with E-state index in [-0.39, 0.29) is 14.7 Å². The van der Waals surface area contributed by atoms with Crippen LogP contribution in [0, 0.1) is 18.4 Å². The van der Waals surface area contributed by atoms with Gasteiger partial charge in [0.2, 0.25) is 0 Å². The van der Waals surface area contributed by atoms with E-state index in [0.717, 1.165) is 30.8 Å². The number of H-pyrrole nitrogens is 1. The van der Waals surface area contributed by atoms with E-state index in [0.29, 0.717) is 41.6 Å². The monoisotopic (exact) mass is 1780 g/mol. The third kappa shape index (κ3) is 13.4. The summed E-state index contributed by atoms with van der Waals surface area (Å²) in [6, 6.07) is 50.6. The van der Waals surface area contributed by atoms with Gasteiger partial charge in [-0.05, 0) is 222 Å². The molecule has 1 N–H and O–H groups in total. The number of hydrogen-bond acceptors (Lipinski definition) is 13. The van der Waals surface area contributed by atoms with E-state index < -0.39 is 40.1 Å². The molecule has 10 aromatic heterocycles. The van der Waals surface area contributed by atoms with Gasteiger partial charge in [-0.15, -0.1) is 0 Å². The predicted octanol–water partition coefficient (Wildman–Crippen LogP) is 13.7. The van der Waals surface area contributed by atoms with Crippen molar-refractivity contribution in [2.75, 3.05) is 0 Å². The smallest absolute Gasteiger partial charge is 0.270 e. The topological polar surface area (TPSA) is 237 Å². The molecule has 86 heavy (non-hydrogen) atoms. The van der Waals surface area contributed by atoms with E-state index >= 15 is 0 Å². The van der Waals surface area contributed by atoms with Crippen LogP contribution >= 0.6 is 113 Å². The Hall–Kier alpha value is -6.22. The summed E-state index contributed by atoms with van der Waals surface area (Å²) in [6.07, 6.45) is 18.0. The molecule has 0 aliphatic heterocycles. The van der Waals surface area contributed by atoms with Gasteiger partial charge in [-0.25, -0.2) is 49.6 Å². The molecule has 0 saturated carbocycles. The van der Waals surface area contributed by atoms with Gasteiger partial charge in [0.15, 0.2) is 0 Å². The Bertz CT molecular complexity index is 5050. The van der Waals surface area contributed by atoms with Gasteiger partial charge in [0, 0.05) is 67.7 Å². The third-order valence-corrected chi connectivity index (χ3v) is 24.9. The van der Waals surface area contributed by atoms with Crippen LogP contribution in [0.2, 0.25) is 0 Å². The summed E-state index contributed by atoms with van der Waals surface area (Å²) in [5.74, 6) is 0. The van der Waals surface area contributed by atoms with Crippen LogP contribution in [0.25, 0.3) is 54.5 Å². The molecule has 0 fully saturated rings. The molecule has 0 aliphatic carbocycles. The van der Waals surface area contributed by atoms with Crippen molar-refractivity contribution < 1.29 is 33.7 Å². The lowest BCUT2D eigenvalue weighted by atomic mass is 10.3. The van der Waals surface area contributed by atoms with E-state index in [1.807, 2.05) is 127 Å². The highest BCUT2D eigenvalue weighted by Gasteiger charge is 2.26. The van der Waals surface area contributed by atoms with Gasteiger partial charge in [-0.3, -0.25) is 24.9 Å². The van der Waals surface area contributed by atoms with Crippen LogP contribution < -0.4 is 0 Å². The summed E-state index contributed by atoms with van der Waals surface area (Å²) in [7, 11) is -14.3. The van der Waals surface area contributed by atoms with Gasteiger partial charge in [0.1, 0.15) is 4.90 Å². The second kappa shape index (κ2) is 27.0. The molecule has 0 atom stereocenters. The summed E-state index contributed by atoms with van der Waals surface area (Å²) in [6.45, 7) is 0. The third-order valence-electron chi connectivity index (χ3n) is 12.6. The molecule has 0 aliphatic rings. The summed E-state index contributed by atoms with van der Waals surface area (Å²) >= 11 is 10.4. The normalized spacial score (nSPS) is 11.7. The van der Waals surface area contributed by atoms with Crippen molar-refractivity contribution in [3.05, 3.63) is 262 Å². The lowest BCUT2D eigenvalue weighted by Gasteiger charge is -2.10. The standard InChI is InChI=1S/C13H8I2N2O2S.2C13H9IN2O2S.C13H10N2O2S.C7H5IN2/c14-10-3-1-2-4-12(10)20(18,19)17-11-8-16-6-5-9(11)7-13(17)15;2*14-13-8-10-6-7-15-9-12(10)16(13)19(17,18)11-4-2-1-3-5-11;16-18(17,12-4-2-1-3-5-12)15-9-7-11-6-8-14-10-13(11)15;8-7-3-5-1-2-9-4-6(5)10-7/h1-8H;2*1-9H;1-10H;1-4,10H. The molecule has 434 valence electrons. The second-order valence-corrected chi connectivity index (χ2v) is 30.8. The first-order valence-corrected chi connectivity index (χ1v) is 36.2. The number of hydrogen-bond donors (Lipinski definition) is 1. The Morgan fingerprint density at radius 2 is 0.698 bits per heavy atom. The fraction of sp³-hybridized carbons (Fsp3) is 0. The van der Waals surface area contributed by atoms with Crippen molar-refractivity contribution in [3.8, 4) is 0 Å². The summed E-state index contributed by atoms with van der Waals surface area (Å²) in [4.78, 5) is 24.3. The zero-order valence-corrected chi connectivity index (χ0v) is 58.0. The molecule has 14 rings (SSSR count). The van der Waals surface area contributed by atoms with Crippen molar-refractivity contribution in [3.63, 3.8) is 0 Å². The highest BCUT2D eigenvalue weighted by molar-refractivity contribution is 14.1. The summed E-state index contributed by atoms with van der Waals surface area (Å²) < 4.78 is 110. The average Bonchev–Trinajstić information content (AvgIpc) is 3.51. The lowest BCUT2D eigenvalue weighted by Crippen LogP contribution is -2.15. The van der Waals surface area contributed by atoms with Crippen LogP contribution in [0.4, 0.5) is 0 Å². The minimum atomic E-state index is -3.62. The maximum atomic E-state index is 12.9. The molecular weight excluding hydrogens is 1740 g/mol. The zero-order chi connectivity index (χ0) is 60.8. The van der Waals surface area contributed by atoms with Crippen LogP contribution in [0.1, 0.15) is 0 Å². The fourth-order valence-electron chi connectivity index (χ4n) is 8.66. The molecule has 0 spiro atoms. The van der Waals surface area contributed by atoms with E-state index in [4.69, 9.17) is 0 Å². The molecule has 0 bridgehead atoms. The number of pyridine rings is 5. The number of rotatable bonds is 8. The SMILES string of the molecule is Ic1cc2ccncc2[nH]1.O=S(=O)(c1ccccc1)n1c(I)cc2ccncc21.O=S(=O)(c1ccccc1)n1c(I)cc2ccncc21.O=S(=O)(c1ccccc1)n1ccc2ccncc21.O=S(=O)(c1ccccc1I)n1c(I)cc2ccncc21. The first kappa shape index (κ1) is 62.8. The van der Waals surface area contributed by atoms with Crippen LogP contribution in [-0.2, 0) is 40.1 Å². The lowest BCUT2D eigenvalue weighted by molar-refractivity contribution is 0.586. The van der Waals surface area contributed by atoms with Gasteiger partial charge in [-0.2, -0.15) is 0 Å². The van der Waals surface area contributed by atoms with Crippen molar-refractivity contribution >= 4 is 208 Å². The van der Waals surface area contributed by atoms with Gasteiger partial charge in [0.05, 0.1) is 88.1 Å².